The van der Waals surface area contributed by atoms with Gasteiger partial charge >= 0.3 is 0 Å². The van der Waals surface area contributed by atoms with Crippen LogP contribution in [0.3, 0.4) is 0 Å². The highest BCUT2D eigenvalue weighted by molar-refractivity contribution is 6.36. The minimum atomic E-state index is -0.636. The van der Waals surface area contributed by atoms with Crippen molar-refractivity contribution in [2.75, 3.05) is 0 Å². The predicted octanol–water partition coefficient (Wildman–Crippen LogP) is 4.44. The Morgan fingerprint density at radius 2 is 2.05 bits per heavy atom. The molecule has 0 aromatic heterocycles. The Morgan fingerprint density at radius 1 is 1.37 bits per heavy atom. The molecule has 0 spiro atoms. The Hall–Kier alpha value is -0.800. The summed E-state index contributed by atoms with van der Waals surface area (Å²) in [6.07, 6.45) is 2.93. The van der Waals surface area contributed by atoms with Gasteiger partial charge in [-0.3, -0.25) is 4.79 Å². The SMILES string of the molecule is CC1(C)CCC(NC(=O)c2cc(F)c(Cl)cc2Cl)C1. The summed E-state index contributed by atoms with van der Waals surface area (Å²) in [6, 6.07) is 2.46. The molecular formula is C14H16Cl2FNO. The maximum atomic E-state index is 13.4. The van der Waals surface area contributed by atoms with Crippen molar-refractivity contribution in [2.45, 2.75) is 39.2 Å². The summed E-state index contributed by atoms with van der Waals surface area (Å²) in [4.78, 5) is 12.1. The first-order chi connectivity index (χ1) is 8.78. The molecule has 1 atom stereocenters. The van der Waals surface area contributed by atoms with Crippen LogP contribution in [0.15, 0.2) is 12.1 Å². The number of hydrogen-bond donors (Lipinski definition) is 1. The van der Waals surface area contributed by atoms with E-state index in [1.807, 2.05) is 0 Å². The van der Waals surface area contributed by atoms with Crippen LogP contribution in [0.1, 0.15) is 43.5 Å². The summed E-state index contributed by atoms with van der Waals surface area (Å²) in [7, 11) is 0. The maximum Gasteiger partial charge on any atom is 0.253 e. The zero-order valence-corrected chi connectivity index (χ0v) is 12.4. The number of hydrogen-bond acceptors (Lipinski definition) is 1. The Balaban J connectivity index is 2.11. The van der Waals surface area contributed by atoms with Gasteiger partial charge in [0.1, 0.15) is 5.82 Å². The lowest BCUT2D eigenvalue weighted by atomic mass is 9.92. The first-order valence-corrected chi connectivity index (χ1v) is 6.99. The fourth-order valence-corrected chi connectivity index (χ4v) is 2.99. The minimum absolute atomic E-state index is 0.0800. The van der Waals surface area contributed by atoms with E-state index in [1.165, 1.54) is 6.07 Å². The molecule has 0 radical (unpaired) electrons. The Kier molecular flexibility index (Phi) is 4.07. The zero-order chi connectivity index (χ0) is 14.2. The van der Waals surface area contributed by atoms with E-state index in [-0.39, 0.29) is 33.0 Å². The molecule has 0 saturated heterocycles. The Labute approximate surface area is 122 Å². The first kappa shape index (κ1) is 14.6. The Bertz CT molecular complexity index is 516. The standard InChI is InChI=1S/C14H16Cl2FNO/c1-14(2)4-3-8(7-14)18-13(19)9-5-12(17)11(16)6-10(9)15/h5-6,8H,3-4,7H2,1-2H3,(H,18,19). The molecule has 19 heavy (non-hydrogen) atoms. The van der Waals surface area contributed by atoms with E-state index in [9.17, 15) is 9.18 Å². The molecule has 2 nitrogen and oxygen atoms in total. The molecule has 5 heteroatoms. The smallest absolute Gasteiger partial charge is 0.253 e. The van der Waals surface area contributed by atoms with Crippen molar-refractivity contribution < 1.29 is 9.18 Å². The van der Waals surface area contributed by atoms with Gasteiger partial charge in [-0.2, -0.15) is 0 Å². The van der Waals surface area contributed by atoms with Crippen molar-refractivity contribution >= 4 is 29.1 Å². The molecule has 1 aromatic carbocycles. The summed E-state index contributed by atoms with van der Waals surface area (Å²) in [6.45, 7) is 4.35. The fourth-order valence-electron chi connectivity index (χ4n) is 2.52. The minimum Gasteiger partial charge on any atom is -0.349 e. The molecule has 1 aliphatic rings. The number of nitrogens with one attached hydrogen (secondary N) is 1. The lowest BCUT2D eigenvalue weighted by molar-refractivity contribution is 0.0935. The van der Waals surface area contributed by atoms with Crippen LogP contribution in [0.25, 0.3) is 0 Å². The normalized spacial score (nSPS) is 21.4. The van der Waals surface area contributed by atoms with Gasteiger partial charge in [-0.1, -0.05) is 37.0 Å². The highest BCUT2D eigenvalue weighted by Crippen LogP contribution is 2.37. The molecule has 1 aliphatic carbocycles. The van der Waals surface area contributed by atoms with Crippen molar-refractivity contribution in [1.82, 2.24) is 5.32 Å². The topological polar surface area (TPSA) is 29.1 Å². The van der Waals surface area contributed by atoms with Crippen molar-refractivity contribution in [3.05, 3.63) is 33.6 Å². The second-order valence-corrected chi connectivity index (χ2v) is 6.64. The highest BCUT2D eigenvalue weighted by atomic mass is 35.5. The van der Waals surface area contributed by atoms with Crippen LogP contribution in [0, 0.1) is 11.2 Å². The molecular weight excluding hydrogens is 288 g/mol. The van der Waals surface area contributed by atoms with Gasteiger partial charge in [-0.15, -0.1) is 0 Å². The van der Waals surface area contributed by atoms with Crippen LogP contribution >= 0.6 is 23.2 Å². The van der Waals surface area contributed by atoms with Gasteiger partial charge in [0.2, 0.25) is 0 Å². The van der Waals surface area contributed by atoms with Crippen LogP contribution in [0.4, 0.5) is 4.39 Å². The second-order valence-electron chi connectivity index (χ2n) is 5.82. The summed E-state index contributed by atoms with van der Waals surface area (Å²) in [5.41, 5.74) is 0.376. The monoisotopic (exact) mass is 303 g/mol. The average molecular weight is 304 g/mol. The zero-order valence-electron chi connectivity index (χ0n) is 10.9. The molecule has 1 aromatic rings. The Morgan fingerprint density at radius 3 is 2.63 bits per heavy atom. The second kappa shape index (κ2) is 5.29. The van der Waals surface area contributed by atoms with Crippen LogP contribution in [0.5, 0.6) is 0 Å². The lowest BCUT2D eigenvalue weighted by Gasteiger charge is -2.18. The first-order valence-electron chi connectivity index (χ1n) is 6.24. The van der Waals surface area contributed by atoms with Crippen molar-refractivity contribution in [3.8, 4) is 0 Å². The van der Waals surface area contributed by atoms with E-state index in [0.29, 0.717) is 0 Å². The lowest BCUT2D eigenvalue weighted by Crippen LogP contribution is -2.33. The molecule has 1 unspecified atom stereocenters. The highest BCUT2D eigenvalue weighted by Gasteiger charge is 2.32. The van der Waals surface area contributed by atoms with E-state index in [0.717, 1.165) is 25.3 Å². The summed E-state index contributed by atoms with van der Waals surface area (Å²) in [5.74, 6) is -0.980. The van der Waals surface area contributed by atoms with Gasteiger partial charge in [0.25, 0.3) is 5.91 Å². The van der Waals surface area contributed by atoms with Crippen molar-refractivity contribution in [1.29, 1.82) is 0 Å². The van der Waals surface area contributed by atoms with Gasteiger partial charge in [0.05, 0.1) is 15.6 Å². The number of amides is 1. The van der Waals surface area contributed by atoms with Gasteiger partial charge in [-0.25, -0.2) is 4.39 Å². The number of carbonyl (C=O) groups is 1. The van der Waals surface area contributed by atoms with E-state index in [4.69, 9.17) is 23.2 Å². The van der Waals surface area contributed by atoms with Gasteiger partial charge in [-0.05, 0) is 36.8 Å². The molecule has 1 N–H and O–H groups in total. The van der Waals surface area contributed by atoms with Crippen LogP contribution in [-0.4, -0.2) is 11.9 Å². The predicted molar refractivity (Wildman–Crippen MR) is 75.3 cm³/mol. The average Bonchev–Trinajstić information content (AvgIpc) is 2.63. The molecule has 1 fully saturated rings. The molecule has 1 saturated carbocycles. The number of carbonyl (C=O) groups excluding carboxylic acids is 1. The molecule has 104 valence electrons. The number of benzene rings is 1. The number of rotatable bonds is 2. The molecule has 0 aliphatic heterocycles. The summed E-state index contributed by atoms with van der Waals surface area (Å²) in [5, 5.41) is 2.99. The summed E-state index contributed by atoms with van der Waals surface area (Å²) >= 11 is 11.5. The quantitative estimate of drug-likeness (QED) is 0.804. The van der Waals surface area contributed by atoms with Crippen LogP contribution in [-0.2, 0) is 0 Å². The van der Waals surface area contributed by atoms with Gasteiger partial charge < -0.3 is 5.32 Å². The third-order valence-electron chi connectivity index (χ3n) is 3.56. The molecule has 2 rings (SSSR count). The van der Waals surface area contributed by atoms with Crippen LogP contribution < -0.4 is 5.32 Å². The van der Waals surface area contributed by atoms with Crippen molar-refractivity contribution in [3.63, 3.8) is 0 Å². The largest absolute Gasteiger partial charge is 0.349 e. The molecule has 0 heterocycles. The van der Waals surface area contributed by atoms with Gasteiger partial charge in [0.15, 0.2) is 0 Å². The molecule has 0 bridgehead atoms. The van der Waals surface area contributed by atoms with Crippen molar-refractivity contribution in [2.24, 2.45) is 5.41 Å². The van der Waals surface area contributed by atoms with Crippen LogP contribution in [0.2, 0.25) is 10.0 Å². The van der Waals surface area contributed by atoms with E-state index in [2.05, 4.69) is 19.2 Å². The fraction of sp³-hybridized carbons (Fsp3) is 0.500. The number of halogens is 3. The maximum absolute atomic E-state index is 13.4. The van der Waals surface area contributed by atoms with E-state index < -0.39 is 5.82 Å². The summed E-state index contributed by atoms with van der Waals surface area (Å²) < 4.78 is 13.4. The third-order valence-corrected chi connectivity index (χ3v) is 4.16. The molecule has 1 amide bonds. The van der Waals surface area contributed by atoms with E-state index in [1.54, 1.807) is 0 Å². The van der Waals surface area contributed by atoms with Gasteiger partial charge in [0, 0.05) is 6.04 Å². The van der Waals surface area contributed by atoms with E-state index >= 15 is 0 Å². The third kappa shape index (κ3) is 3.40.